The Morgan fingerprint density at radius 3 is 1.38 bits per heavy atom. The van der Waals surface area contributed by atoms with Crippen LogP contribution in [0.4, 0.5) is 22.7 Å². The lowest BCUT2D eigenvalue weighted by Gasteiger charge is -2.28. The van der Waals surface area contributed by atoms with E-state index in [1.54, 1.807) is 6.92 Å². The first-order chi connectivity index (χ1) is 12.5. The quantitative estimate of drug-likeness (QED) is 0.808. The molecule has 1 amide bonds. The summed E-state index contributed by atoms with van der Waals surface area (Å²) >= 11 is 0. The van der Waals surface area contributed by atoms with Gasteiger partial charge in [0.25, 0.3) is 0 Å². The van der Waals surface area contributed by atoms with Crippen molar-refractivity contribution in [2.24, 2.45) is 0 Å². The van der Waals surface area contributed by atoms with Gasteiger partial charge in [-0.25, -0.2) is 0 Å². The van der Waals surface area contributed by atoms with Crippen molar-refractivity contribution < 1.29 is 4.79 Å². The van der Waals surface area contributed by atoms with E-state index in [0.29, 0.717) is 0 Å². The van der Waals surface area contributed by atoms with Gasteiger partial charge in [0.1, 0.15) is 0 Å². The number of amides is 1. The van der Waals surface area contributed by atoms with E-state index in [9.17, 15) is 4.79 Å². The second-order valence-electron chi connectivity index (χ2n) is 6.66. The molecule has 0 spiro atoms. The van der Waals surface area contributed by atoms with Crippen LogP contribution in [0.1, 0.15) is 6.92 Å². The van der Waals surface area contributed by atoms with E-state index in [4.69, 9.17) is 11.5 Å². The number of carbonyl (C=O) groups is 1. The fourth-order valence-corrected chi connectivity index (χ4v) is 3.26. The fraction of sp³-hybridized carbons (Fsp3) is 0.350. The third-order valence-electron chi connectivity index (χ3n) is 4.88. The van der Waals surface area contributed by atoms with Gasteiger partial charge in [-0.05, 0) is 48.5 Å². The van der Waals surface area contributed by atoms with Gasteiger partial charge in [0.05, 0.1) is 0 Å². The lowest BCUT2D eigenvalue weighted by molar-refractivity contribution is -0.128. The predicted molar refractivity (Wildman–Crippen MR) is 108 cm³/mol. The summed E-state index contributed by atoms with van der Waals surface area (Å²) in [6, 6.07) is 15.8. The Morgan fingerprint density at radius 1 is 0.692 bits per heavy atom. The molecule has 1 aliphatic heterocycles. The summed E-state index contributed by atoms with van der Waals surface area (Å²) in [5.74, 6) is 0.112. The highest BCUT2D eigenvalue weighted by Crippen LogP contribution is 2.20. The molecule has 6 nitrogen and oxygen atoms in total. The number of rotatable bonds is 2. The zero-order chi connectivity index (χ0) is 18.5. The molecule has 0 atom stereocenters. The number of carbonyl (C=O) groups excluding carboxylic acids is 1. The highest BCUT2D eigenvalue weighted by molar-refractivity contribution is 5.73. The molecule has 26 heavy (non-hydrogen) atoms. The Balaban J connectivity index is 1.82. The van der Waals surface area contributed by atoms with Crippen molar-refractivity contribution in [3.8, 4) is 0 Å². The minimum absolute atomic E-state index is 0.112. The second kappa shape index (κ2) is 7.99. The molecule has 1 heterocycles. The van der Waals surface area contributed by atoms with Crippen molar-refractivity contribution >= 4 is 28.7 Å². The van der Waals surface area contributed by atoms with Gasteiger partial charge in [0, 0.05) is 68.9 Å². The summed E-state index contributed by atoms with van der Waals surface area (Å²) < 4.78 is 0. The molecule has 1 aliphatic rings. The molecular formula is C20H27N5O. The Kier molecular flexibility index (Phi) is 5.51. The number of nitrogens with two attached hydrogens (primary N) is 2. The first-order valence-electron chi connectivity index (χ1n) is 8.99. The van der Waals surface area contributed by atoms with Crippen LogP contribution < -0.4 is 21.3 Å². The molecule has 3 rings (SSSR count). The number of nitrogen functional groups attached to an aromatic ring is 2. The summed E-state index contributed by atoms with van der Waals surface area (Å²) in [5, 5.41) is 0. The number of hydrogen-bond donors (Lipinski definition) is 2. The molecule has 0 radical (unpaired) electrons. The van der Waals surface area contributed by atoms with Crippen molar-refractivity contribution in [3.05, 3.63) is 48.5 Å². The Hall–Kier alpha value is -2.89. The van der Waals surface area contributed by atoms with E-state index in [1.807, 2.05) is 53.4 Å². The standard InChI is InChI=1S/C20H27N5O/c1-16(26)23-10-12-24(19-6-2-17(21)3-7-19)14-15-25(13-11-23)20-8-4-18(22)5-9-20/h2-9H,10-15,21-22H2,1H3. The van der Waals surface area contributed by atoms with Gasteiger partial charge in [-0.15, -0.1) is 0 Å². The maximum absolute atomic E-state index is 12.0. The highest BCUT2D eigenvalue weighted by atomic mass is 16.2. The molecular weight excluding hydrogens is 326 g/mol. The molecule has 0 unspecified atom stereocenters. The van der Waals surface area contributed by atoms with E-state index in [1.165, 1.54) is 0 Å². The fourth-order valence-electron chi connectivity index (χ4n) is 3.26. The van der Waals surface area contributed by atoms with Gasteiger partial charge in [-0.3, -0.25) is 4.79 Å². The van der Waals surface area contributed by atoms with E-state index < -0.39 is 0 Å². The molecule has 2 aromatic carbocycles. The van der Waals surface area contributed by atoms with Gasteiger partial charge >= 0.3 is 0 Å². The zero-order valence-electron chi connectivity index (χ0n) is 15.3. The first kappa shape index (κ1) is 17.9. The van der Waals surface area contributed by atoms with Crippen LogP contribution in [-0.4, -0.2) is 50.1 Å². The smallest absolute Gasteiger partial charge is 0.219 e. The minimum atomic E-state index is 0.112. The zero-order valence-corrected chi connectivity index (χ0v) is 15.3. The molecule has 0 saturated carbocycles. The first-order valence-corrected chi connectivity index (χ1v) is 8.99. The third-order valence-corrected chi connectivity index (χ3v) is 4.88. The molecule has 0 bridgehead atoms. The number of nitrogens with zero attached hydrogens (tertiary/aromatic N) is 3. The van der Waals surface area contributed by atoms with Gasteiger partial charge in [0.15, 0.2) is 0 Å². The summed E-state index contributed by atoms with van der Waals surface area (Å²) in [6.07, 6.45) is 0. The van der Waals surface area contributed by atoms with Crippen LogP contribution in [-0.2, 0) is 4.79 Å². The van der Waals surface area contributed by atoms with Crippen LogP contribution in [0.2, 0.25) is 0 Å². The van der Waals surface area contributed by atoms with E-state index in [-0.39, 0.29) is 5.91 Å². The maximum Gasteiger partial charge on any atom is 0.219 e. The van der Waals surface area contributed by atoms with Gasteiger partial charge in [-0.2, -0.15) is 0 Å². The number of benzene rings is 2. The molecule has 0 aliphatic carbocycles. The van der Waals surface area contributed by atoms with E-state index in [0.717, 1.165) is 62.0 Å². The Morgan fingerprint density at radius 2 is 1.04 bits per heavy atom. The molecule has 4 N–H and O–H groups in total. The van der Waals surface area contributed by atoms with Crippen LogP contribution in [0.25, 0.3) is 0 Å². The molecule has 138 valence electrons. The van der Waals surface area contributed by atoms with Crippen LogP contribution in [0.15, 0.2) is 48.5 Å². The average molecular weight is 353 g/mol. The molecule has 1 saturated heterocycles. The minimum Gasteiger partial charge on any atom is -0.399 e. The summed E-state index contributed by atoms with van der Waals surface area (Å²) in [5.41, 5.74) is 15.4. The lowest BCUT2D eigenvalue weighted by Crippen LogP contribution is -2.38. The summed E-state index contributed by atoms with van der Waals surface area (Å²) in [6.45, 7) is 6.43. The van der Waals surface area contributed by atoms with Crippen LogP contribution in [0.5, 0.6) is 0 Å². The van der Waals surface area contributed by atoms with Crippen molar-refractivity contribution in [2.75, 3.05) is 60.5 Å². The summed E-state index contributed by atoms with van der Waals surface area (Å²) in [4.78, 5) is 18.5. The van der Waals surface area contributed by atoms with Crippen LogP contribution >= 0.6 is 0 Å². The topological polar surface area (TPSA) is 78.8 Å². The Labute approximate surface area is 155 Å². The summed E-state index contributed by atoms with van der Waals surface area (Å²) in [7, 11) is 0. The van der Waals surface area contributed by atoms with Gasteiger partial charge in [0.2, 0.25) is 5.91 Å². The molecule has 1 fully saturated rings. The highest BCUT2D eigenvalue weighted by Gasteiger charge is 2.18. The lowest BCUT2D eigenvalue weighted by atomic mass is 10.2. The van der Waals surface area contributed by atoms with Crippen LogP contribution in [0, 0.1) is 0 Å². The number of hydrogen-bond acceptors (Lipinski definition) is 5. The monoisotopic (exact) mass is 353 g/mol. The molecule has 0 aromatic heterocycles. The van der Waals surface area contributed by atoms with Crippen molar-refractivity contribution in [1.82, 2.24) is 4.90 Å². The molecule has 2 aromatic rings. The van der Waals surface area contributed by atoms with Gasteiger partial charge in [-0.1, -0.05) is 0 Å². The third kappa shape index (κ3) is 4.39. The van der Waals surface area contributed by atoms with Crippen molar-refractivity contribution in [1.29, 1.82) is 0 Å². The second-order valence-corrected chi connectivity index (χ2v) is 6.66. The normalized spacial score (nSPS) is 16.0. The number of anilines is 4. The van der Waals surface area contributed by atoms with E-state index >= 15 is 0 Å². The van der Waals surface area contributed by atoms with E-state index in [2.05, 4.69) is 9.80 Å². The Bertz CT molecular complexity index is 671. The van der Waals surface area contributed by atoms with Crippen molar-refractivity contribution in [2.45, 2.75) is 6.92 Å². The average Bonchev–Trinajstić information content (AvgIpc) is 2.74. The maximum atomic E-state index is 12.0. The largest absolute Gasteiger partial charge is 0.399 e. The molecule has 6 heteroatoms. The predicted octanol–water partition coefficient (Wildman–Crippen LogP) is 2.03. The van der Waals surface area contributed by atoms with Crippen molar-refractivity contribution in [3.63, 3.8) is 0 Å². The van der Waals surface area contributed by atoms with Crippen LogP contribution in [0.3, 0.4) is 0 Å². The van der Waals surface area contributed by atoms with Gasteiger partial charge < -0.3 is 26.2 Å². The SMILES string of the molecule is CC(=O)N1CCN(c2ccc(N)cc2)CCN(c2ccc(N)cc2)CC1.